The van der Waals surface area contributed by atoms with E-state index in [0.717, 1.165) is 25.3 Å². The zero-order chi connectivity index (χ0) is 13.2. The van der Waals surface area contributed by atoms with Crippen molar-refractivity contribution in [3.8, 4) is 0 Å². The molecule has 3 rings (SSSR count). The highest BCUT2D eigenvalue weighted by Gasteiger charge is 2.37. The van der Waals surface area contributed by atoms with Gasteiger partial charge in [0.1, 0.15) is 5.50 Å². The first kappa shape index (κ1) is 13.9. The molecule has 3 fully saturated rings. The molecule has 2 N–H and O–H groups in total. The van der Waals surface area contributed by atoms with Crippen LogP contribution in [0.15, 0.2) is 0 Å². The summed E-state index contributed by atoms with van der Waals surface area (Å²) < 4.78 is 0. The van der Waals surface area contributed by atoms with Crippen LogP contribution >= 0.6 is 11.8 Å². The molecule has 2 unspecified atom stereocenters. The molecule has 1 saturated carbocycles. The van der Waals surface area contributed by atoms with Crippen LogP contribution in [0.2, 0.25) is 0 Å². The van der Waals surface area contributed by atoms with Crippen LogP contribution in [0.25, 0.3) is 0 Å². The van der Waals surface area contributed by atoms with E-state index in [0.29, 0.717) is 17.2 Å². The predicted octanol–water partition coefficient (Wildman–Crippen LogP) is 2.28. The minimum absolute atomic E-state index is 0.150. The van der Waals surface area contributed by atoms with Gasteiger partial charge in [0, 0.05) is 12.5 Å². The van der Waals surface area contributed by atoms with Crippen LogP contribution in [-0.2, 0) is 4.79 Å². The SMILES string of the molecule is CC1CCC(C(=O)SC2NNC3CCCCN32)CC1. The van der Waals surface area contributed by atoms with Gasteiger partial charge in [-0.1, -0.05) is 18.7 Å². The van der Waals surface area contributed by atoms with Gasteiger partial charge in [-0.2, -0.15) is 0 Å². The summed E-state index contributed by atoms with van der Waals surface area (Å²) in [6, 6.07) is 0. The maximum atomic E-state index is 12.4. The summed E-state index contributed by atoms with van der Waals surface area (Å²) in [5.74, 6) is 1.11. The Balaban J connectivity index is 1.52. The number of rotatable bonds is 2. The molecular formula is C14H25N3OS. The van der Waals surface area contributed by atoms with E-state index in [1.54, 1.807) is 0 Å². The summed E-state index contributed by atoms with van der Waals surface area (Å²) in [6.07, 6.45) is 8.81. The Bertz CT molecular complexity index is 331. The predicted molar refractivity (Wildman–Crippen MR) is 78.1 cm³/mol. The van der Waals surface area contributed by atoms with Crippen LogP contribution in [0, 0.1) is 11.8 Å². The number of nitrogens with zero attached hydrogens (tertiary/aromatic N) is 1. The molecule has 108 valence electrons. The van der Waals surface area contributed by atoms with Crippen LogP contribution in [-0.4, -0.2) is 28.2 Å². The second-order valence-electron chi connectivity index (χ2n) is 6.28. The number of nitrogens with one attached hydrogen (secondary N) is 2. The Morgan fingerprint density at radius 3 is 2.68 bits per heavy atom. The van der Waals surface area contributed by atoms with Crippen molar-refractivity contribution in [2.45, 2.75) is 63.5 Å². The first-order valence-electron chi connectivity index (χ1n) is 7.71. The number of thioether (sulfide) groups is 1. The highest BCUT2D eigenvalue weighted by atomic mass is 32.2. The molecule has 2 saturated heterocycles. The fourth-order valence-electron chi connectivity index (χ4n) is 3.44. The average molecular weight is 283 g/mol. The van der Waals surface area contributed by atoms with E-state index in [-0.39, 0.29) is 5.50 Å². The van der Waals surface area contributed by atoms with E-state index >= 15 is 0 Å². The molecule has 0 spiro atoms. The van der Waals surface area contributed by atoms with Gasteiger partial charge < -0.3 is 0 Å². The van der Waals surface area contributed by atoms with Gasteiger partial charge in [0.15, 0.2) is 5.12 Å². The van der Waals surface area contributed by atoms with E-state index in [1.165, 1.54) is 43.9 Å². The van der Waals surface area contributed by atoms with Crippen molar-refractivity contribution in [1.29, 1.82) is 0 Å². The van der Waals surface area contributed by atoms with E-state index in [4.69, 9.17) is 0 Å². The maximum absolute atomic E-state index is 12.4. The van der Waals surface area contributed by atoms with Crippen molar-refractivity contribution >= 4 is 16.9 Å². The highest BCUT2D eigenvalue weighted by molar-refractivity contribution is 8.14. The van der Waals surface area contributed by atoms with E-state index in [1.807, 2.05) is 0 Å². The smallest absolute Gasteiger partial charge is 0.194 e. The van der Waals surface area contributed by atoms with Gasteiger partial charge in [-0.25, -0.2) is 10.9 Å². The molecule has 3 aliphatic rings. The van der Waals surface area contributed by atoms with Gasteiger partial charge >= 0.3 is 0 Å². The van der Waals surface area contributed by atoms with Gasteiger partial charge in [0.25, 0.3) is 0 Å². The summed E-state index contributed by atoms with van der Waals surface area (Å²) in [5.41, 5.74) is 6.77. The topological polar surface area (TPSA) is 44.4 Å². The van der Waals surface area contributed by atoms with E-state index in [2.05, 4.69) is 22.7 Å². The van der Waals surface area contributed by atoms with Crippen LogP contribution in [0.4, 0.5) is 0 Å². The minimum Gasteiger partial charge on any atom is -0.287 e. The van der Waals surface area contributed by atoms with Crippen molar-refractivity contribution in [3.05, 3.63) is 0 Å². The van der Waals surface area contributed by atoms with Crippen LogP contribution in [0.1, 0.15) is 51.9 Å². The molecule has 0 radical (unpaired) electrons. The fourth-order valence-corrected chi connectivity index (χ4v) is 4.60. The second-order valence-corrected chi connectivity index (χ2v) is 7.37. The first-order valence-corrected chi connectivity index (χ1v) is 8.59. The van der Waals surface area contributed by atoms with Crippen molar-refractivity contribution in [2.75, 3.05) is 6.54 Å². The third kappa shape index (κ3) is 3.15. The second kappa shape index (κ2) is 6.12. The van der Waals surface area contributed by atoms with Crippen LogP contribution < -0.4 is 10.9 Å². The van der Waals surface area contributed by atoms with Crippen molar-refractivity contribution < 1.29 is 4.79 Å². The lowest BCUT2D eigenvalue weighted by Crippen LogP contribution is -2.42. The molecule has 5 heteroatoms. The number of carbonyl (C=O) groups excluding carboxylic acids is 1. The third-order valence-corrected chi connectivity index (χ3v) is 5.97. The number of carbonyl (C=O) groups is 1. The summed E-state index contributed by atoms with van der Waals surface area (Å²) in [5, 5.41) is 0.400. The minimum atomic E-state index is 0.150. The molecule has 1 aliphatic carbocycles. The Morgan fingerprint density at radius 2 is 1.89 bits per heavy atom. The van der Waals surface area contributed by atoms with Gasteiger partial charge in [-0.15, -0.1) is 0 Å². The molecular weight excluding hydrogens is 258 g/mol. The number of piperidine rings is 1. The van der Waals surface area contributed by atoms with Gasteiger partial charge in [-0.05, 0) is 50.9 Å². The molecule has 4 nitrogen and oxygen atoms in total. The van der Waals surface area contributed by atoms with E-state index in [9.17, 15) is 4.79 Å². The van der Waals surface area contributed by atoms with Crippen molar-refractivity contribution in [3.63, 3.8) is 0 Å². The normalized spacial score (nSPS) is 40.1. The average Bonchev–Trinajstić information content (AvgIpc) is 2.83. The number of hydrogen-bond donors (Lipinski definition) is 2. The largest absolute Gasteiger partial charge is 0.287 e. The summed E-state index contributed by atoms with van der Waals surface area (Å²) in [6.45, 7) is 3.41. The summed E-state index contributed by atoms with van der Waals surface area (Å²) in [7, 11) is 0. The molecule has 2 atom stereocenters. The van der Waals surface area contributed by atoms with Gasteiger partial charge in [0.2, 0.25) is 0 Å². The Hall–Kier alpha value is -0.100. The fraction of sp³-hybridized carbons (Fsp3) is 0.929. The van der Waals surface area contributed by atoms with Gasteiger partial charge in [-0.3, -0.25) is 9.69 Å². The molecule has 2 aliphatic heterocycles. The molecule has 0 aromatic carbocycles. The zero-order valence-corrected chi connectivity index (χ0v) is 12.5. The monoisotopic (exact) mass is 283 g/mol. The number of hydrogen-bond acceptors (Lipinski definition) is 5. The molecule has 0 amide bonds. The van der Waals surface area contributed by atoms with Crippen LogP contribution in [0.5, 0.6) is 0 Å². The number of fused-ring (bicyclic) bond motifs is 1. The Morgan fingerprint density at radius 1 is 1.11 bits per heavy atom. The molecule has 2 heterocycles. The Labute approximate surface area is 120 Å². The van der Waals surface area contributed by atoms with Crippen molar-refractivity contribution in [2.24, 2.45) is 11.8 Å². The van der Waals surface area contributed by atoms with Gasteiger partial charge in [0.05, 0.1) is 6.17 Å². The summed E-state index contributed by atoms with van der Waals surface area (Å²) >= 11 is 1.51. The Kier molecular flexibility index (Phi) is 4.47. The maximum Gasteiger partial charge on any atom is 0.194 e. The van der Waals surface area contributed by atoms with Crippen molar-refractivity contribution in [1.82, 2.24) is 15.8 Å². The molecule has 0 aromatic rings. The summed E-state index contributed by atoms with van der Waals surface area (Å²) in [4.78, 5) is 14.8. The lowest BCUT2D eigenvalue weighted by molar-refractivity contribution is -0.115. The molecule has 19 heavy (non-hydrogen) atoms. The molecule has 0 aromatic heterocycles. The zero-order valence-electron chi connectivity index (χ0n) is 11.7. The van der Waals surface area contributed by atoms with Crippen LogP contribution in [0.3, 0.4) is 0 Å². The first-order chi connectivity index (χ1) is 9.24. The quantitative estimate of drug-likeness (QED) is 0.814. The standard InChI is InChI=1S/C14H25N3OS/c1-10-5-7-11(8-6-10)13(18)19-14-16-15-12-4-2-3-9-17(12)14/h10-12,14-16H,2-9H2,1H3. The molecule has 0 bridgehead atoms. The lowest BCUT2D eigenvalue weighted by Gasteiger charge is -2.32. The third-order valence-electron chi connectivity index (χ3n) is 4.80. The highest BCUT2D eigenvalue weighted by Crippen LogP contribution is 2.34. The van der Waals surface area contributed by atoms with E-state index < -0.39 is 0 Å². The lowest BCUT2D eigenvalue weighted by atomic mass is 9.84. The number of hydrazine groups is 1.